The van der Waals surface area contributed by atoms with Crippen molar-refractivity contribution in [3.63, 3.8) is 0 Å². The van der Waals surface area contributed by atoms with Gasteiger partial charge in [-0.1, -0.05) is 36.4 Å². The number of nitro benzene ring substituents is 1. The Morgan fingerprint density at radius 3 is 2.31 bits per heavy atom. The molecule has 1 unspecified atom stereocenters. The third-order valence-corrected chi connectivity index (χ3v) is 6.36. The number of amides is 1. The molecule has 0 N–H and O–H groups in total. The van der Waals surface area contributed by atoms with E-state index in [0.717, 1.165) is 22.6 Å². The van der Waals surface area contributed by atoms with Crippen LogP contribution in [-0.4, -0.2) is 46.5 Å². The van der Waals surface area contributed by atoms with E-state index in [9.17, 15) is 14.9 Å². The van der Waals surface area contributed by atoms with Crippen molar-refractivity contribution < 1.29 is 9.72 Å². The number of anilines is 1. The molecule has 2 aromatic carbocycles. The fourth-order valence-electron chi connectivity index (χ4n) is 4.61. The number of hydrogen-bond acceptors (Lipinski definition) is 4. The van der Waals surface area contributed by atoms with E-state index in [2.05, 4.69) is 28.5 Å². The largest absolute Gasteiger partial charge is 0.368 e. The number of carbonyl (C=O) groups excluding carboxylic acids is 1. The highest BCUT2D eigenvalue weighted by Crippen LogP contribution is 2.27. The second-order valence-corrected chi connectivity index (χ2v) is 8.30. The van der Waals surface area contributed by atoms with Crippen molar-refractivity contribution in [2.24, 2.45) is 0 Å². The Morgan fingerprint density at radius 2 is 1.66 bits per heavy atom. The molecule has 1 atom stereocenters. The van der Waals surface area contributed by atoms with Crippen LogP contribution in [0.25, 0.3) is 0 Å². The van der Waals surface area contributed by atoms with Gasteiger partial charge in [0.25, 0.3) is 11.6 Å². The molecule has 0 spiro atoms. The molecule has 1 saturated heterocycles. The van der Waals surface area contributed by atoms with Crippen LogP contribution in [0.1, 0.15) is 40.3 Å². The van der Waals surface area contributed by atoms with Crippen LogP contribution < -0.4 is 4.90 Å². The van der Waals surface area contributed by atoms with Crippen LogP contribution in [0.4, 0.5) is 11.4 Å². The quantitative estimate of drug-likeness (QED) is 0.437. The van der Waals surface area contributed by atoms with E-state index < -0.39 is 0 Å². The third kappa shape index (κ3) is 4.10. The third-order valence-electron chi connectivity index (χ3n) is 6.36. The van der Waals surface area contributed by atoms with Crippen LogP contribution in [0.3, 0.4) is 0 Å². The van der Waals surface area contributed by atoms with Crippen molar-refractivity contribution in [3.05, 3.63) is 93.3 Å². The zero-order valence-corrected chi connectivity index (χ0v) is 18.7. The van der Waals surface area contributed by atoms with Crippen molar-refractivity contribution in [2.75, 3.05) is 31.1 Å². The minimum atomic E-state index is -0.379. The average Bonchev–Trinajstić information content (AvgIpc) is 3.12. The zero-order chi connectivity index (χ0) is 22.8. The molecular formula is C25H28N4O3. The van der Waals surface area contributed by atoms with E-state index in [-0.39, 0.29) is 22.6 Å². The Labute approximate surface area is 188 Å². The van der Waals surface area contributed by atoms with E-state index in [0.29, 0.717) is 26.2 Å². The standard InChI is InChI=1S/C25H28N4O3/c1-18-16-24(20(3)28(18)19(2)21-8-5-4-6-9-21)25(30)27-14-12-26(13-15-27)22-10-7-11-23(17-22)29(31)32/h4-11,16-17,19H,12-15H2,1-3H3. The monoisotopic (exact) mass is 432 g/mol. The fourth-order valence-corrected chi connectivity index (χ4v) is 4.61. The summed E-state index contributed by atoms with van der Waals surface area (Å²) in [5.41, 5.74) is 4.90. The smallest absolute Gasteiger partial charge is 0.271 e. The molecule has 1 aromatic heterocycles. The summed E-state index contributed by atoms with van der Waals surface area (Å²) in [4.78, 5) is 28.0. The Kier molecular flexibility index (Phi) is 5.99. The minimum Gasteiger partial charge on any atom is -0.368 e. The lowest BCUT2D eigenvalue weighted by atomic mass is 10.1. The van der Waals surface area contributed by atoms with Crippen LogP contribution in [0.15, 0.2) is 60.7 Å². The van der Waals surface area contributed by atoms with Gasteiger partial charge in [0, 0.05) is 55.4 Å². The topological polar surface area (TPSA) is 71.6 Å². The normalized spacial score (nSPS) is 15.0. The highest BCUT2D eigenvalue weighted by atomic mass is 16.6. The highest BCUT2D eigenvalue weighted by Gasteiger charge is 2.27. The fraction of sp³-hybridized carbons (Fsp3) is 0.320. The van der Waals surface area contributed by atoms with Crippen LogP contribution >= 0.6 is 0 Å². The van der Waals surface area contributed by atoms with Gasteiger partial charge in [0.1, 0.15) is 0 Å². The Hall–Kier alpha value is -3.61. The zero-order valence-electron chi connectivity index (χ0n) is 18.7. The maximum Gasteiger partial charge on any atom is 0.271 e. The highest BCUT2D eigenvalue weighted by molar-refractivity contribution is 5.96. The van der Waals surface area contributed by atoms with E-state index in [1.807, 2.05) is 49.1 Å². The van der Waals surface area contributed by atoms with Crippen LogP contribution in [0.5, 0.6) is 0 Å². The summed E-state index contributed by atoms with van der Waals surface area (Å²) in [6, 6.07) is 19.1. The molecule has 32 heavy (non-hydrogen) atoms. The van der Waals surface area contributed by atoms with Gasteiger partial charge in [0.2, 0.25) is 0 Å². The number of hydrogen-bond donors (Lipinski definition) is 0. The molecular weight excluding hydrogens is 404 g/mol. The number of piperazine rings is 1. The maximum atomic E-state index is 13.3. The second kappa shape index (κ2) is 8.86. The van der Waals surface area contributed by atoms with Gasteiger partial charge in [-0.3, -0.25) is 14.9 Å². The van der Waals surface area contributed by atoms with Gasteiger partial charge in [-0.2, -0.15) is 0 Å². The first-order valence-corrected chi connectivity index (χ1v) is 10.9. The predicted octanol–water partition coefficient (Wildman–Crippen LogP) is 4.58. The van der Waals surface area contributed by atoms with Crippen LogP contribution in [-0.2, 0) is 0 Å². The lowest BCUT2D eigenvalue weighted by molar-refractivity contribution is -0.384. The molecule has 4 rings (SSSR count). The number of nitrogens with zero attached hydrogens (tertiary/aromatic N) is 4. The number of aromatic nitrogens is 1. The lowest BCUT2D eigenvalue weighted by Crippen LogP contribution is -2.48. The number of nitro groups is 1. The first kappa shape index (κ1) is 21.6. The van der Waals surface area contributed by atoms with Gasteiger partial charge < -0.3 is 14.4 Å². The summed E-state index contributed by atoms with van der Waals surface area (Å²) in [6.45, 7) is 8.67. The molecule has 0 radical (unpaired) electrons. The summed E-state index contributed by atoms with van der Waals surface area (Å²) in [5, 5.41) is 11.1. The first-order valence-electron chi connectivity index (χ1n) is 10.9. The molecule has 0 aliphatic carbocycles. The number of rotatable bonds is 5. The number of aryl methyl sites for hydroxylation is 1. The first-order chi connectivity index (χ1) is 15.4. The summed E-state index contributed by atoms with van der Waals surface area (Å²) in [7, 11) is 0. The molecule has 3 aromatic rings. The number of benzene rings is 2. The van der Waals surface area contributed by atoms with E-state index in [4.69, 9.17) is 0 Å². The van der Waals surface area contributed by atoms with Crippen molar-refractivity contribution in [3.8, 4) is 0 Å². The molecule has 7 heteroatoms. The molecule has 0 saturated carbocycles. The second-order valence-electron chi connectivity index (χ2n) is 8.30. The van der Waals surface area contributed by atoms with Gasteiger partial charge >= 0.3 is 0 Å². The Balaban J connectivity index is 1.48. The van der Waals surface area contributed by atoms with E-state index in [1.54, 1.807) is 12.1 Å². The van der Waals surface area contributed by atoms with Crippen LogP contribution in [0.2, 0.25) is 0 Å². The molecule has 7 nitrogen and oxygen atoms in total. The summed E-state index contributed by atoms with van der Waals surface area (Å²) >= 11 is 0. The van der Waals surface area contributed by atoms with Crippen LogP contribution in [0, 0.1) is 24.0 Å². The van der Waals surface area contributed by atoms with E-state index in [1.165, 1.54) is 11.6 Å². The van der Waals surface area contributed by atoms with Gasteiger partial charge in [-0.05, 0) is 38.5 Å². The van der Waals surface area contributed by atoms with Crippen molar-refractivity contribution in [1.29, 1.82) is 0 Å². The maximum absolute atomic E-state index is 13.3. The number of carbonyl (C=O) groups is 1. The van der Waals surface area contributed by atoms with Gasteiger partial charge in [-0.25, -0.2) is 0 Å². The predicted molar refractivity (Wildman–Crippen MR) is 125 cm³/mol. The van der Waals surface area contributed by atoms with Crippen molar-refractivity contribution in [2.45, 2.75) is 26.8 Å². The lowest BCUT2D eigenvalue weighted by Gasteiger charge is -2.36. The number of non-ortho nitro benzene ring substituents is 1. The van der Waals surface area contributed by atoms with Gasteiger partial charge in [-0.15, -0.1) is 0 Å². The minimum absolute atomic E-state index is 0.0447. The molecule has 0 bridgehead atoms. The summed E-state index contributed by atoms with van der Waals surface area (Å²) in [6.07, 6.45) is 0. The summed E-state index contributed by atoms with van der Waals surface area (Å²) in [5.74, 6) is 0.0447. The van der Waals surface area contributed by atoms with Crippen molar-refractivity contribution >= 4 is 17.3 Å². The van der Waals surface area contributed by atoms with Crippen molar-refractivity contribution in [1.82, 2.24) is 9.47 Å². The van der Waals surface area contributed by atoms with E-state index >= 15 is 0 Å². The SMILES string of the molecule is Cc1cc(C(=O)N2CCN(c3cccc([N+](=O)[O-])c3)CC2)c(C)n1C(C)c1ccccc1. The Morgan fingerprint density at radius 1 is 0.969 bits per heavy atom. The molecule has 1 aliphatic heterocycles. The van der Waals surface area contributed by atoms with Gasteiger partial charge in [0.05, 0.1) is 16.5 Å². The molecule has 166 valence electrons. The molecule has 1 amide bonds. The molecule has 1 fully saturated rings. The molecule has 2 heterocycles. The summed E-state index contributed by atoms with van der Waals surface area (Å²) < 4.78 is 2.22. The Bertz CT molecular complexity index is 1130. The van der Waals surface area contributed by atoms with Gasteiger partial charge in [0.15, 0.2) is 0 Å². The molecule has 1 aliphatic rings. The average molecular weight is 433 g/mol.